The smallest absolute Gasteiger partial charge is 0.133 e. The molecule has 0 fully saturated rings. The first kappa shape index (κ1) is 14.1. The molecule has 94 valence electrons. The molecule has 0 amide bonds. The molecule has 0 aliphatic carbocycles. The van der Waals surface area contributed by atoms with Crippen molar-refractivity contribution in [2.45, 2.75) is 26.3 Å². The largest absolute Gasteiger partial charge is 0.389 e. The molecule has 2 N–H and O–H groups in total. The average Bonchev–Trinajstić information content (AvgIpc) is 2.28. The van der Waals surface area contributed by atoms with Gasteiger partial charge in [0.25, 0.3) is 0 Å². The van der Waals surface area contributed by atoms with Crippen molar-refractivity contribution in [2.24, 2.45) is 5.73 Å². The third kappa shape index (κ3) is 4.40. The Bertz CT molecular complexity index is 393. The standard InChI is InChI=1S/C13H19FN2S/c1-3-4-7-16(2)9-10-5-6-12(14)11(8-10)13(15)17/h5-6,8H,3-4,7,9H2,1-2H3,(H2,15,17). The highest BCUT2D eigenvalue weighted by molar-refractivity contribution is 7.80. The Balaban J connectivity index is 2.72. The Morgan fingerprint density at radius 1 is 1.47 bits per heavy atom. The number of unbranched alkanes of at least 4 members (excludes halogenated alkanes) is 1. The SMILES string of the molecule is CCCCN(C)Cc1ccc(F)c(C(N)=S)c1. The fraction of sp³-hybridized carbons (Fsp3) is 0.462. The molecule has 0 saturated carbocycles. The van der Waals surface area contributed by atoms with Crippen LogP contribution in [0.4, 0.5) is 4.39 Å². The van der Waals surface area contributed by atoms with Gasteiger partial charge in [-0.2, -0.15) is 0 Å². The molecule has 0 bridgehead atoms. The van der Waals surface area contributed by atoms with Gasteiger partial charge in [0.2, 0.25) is 0 Å². The van der Waals surface area contributed by atoms with Gasteiger partial charge in [-0.15, -0.1) is 0 Å². The Kier molecular flexibility index (Phi) is 5.51. The maximum absolute atomic E-state index is 13.4. The first-order valence-electron chi connectivity index (χ1n) is 5.81. The molecule has 1 rings (SSSR count). The van der Waals surface area contributed by atoms with Gasteiger partial charge in [0.1, 0.15) is 10.8 Å². The number of benzene rings is 1. The average molecular weight is 254 g/mol. The van der Waals surface area contributed by atoms with Crippen molar-refractivity contribution in [2.75, 3.05) is 13.6 Å². The van der Waals surface area contributed by atoms with Crippen LogP contribution in [0, 0.1) is 5.82 Å². The highest BCUT2D eigenvalue weighted by atomic mass is 32.1. The molecule has 0 unspecified atom stereocenters. The van der Waals surface area contributed by atoms with Crippen molar-refractivity contribution in [1.82, 2.24) is 4.90 Å². The summed E-state index contributed by atoms with van der Waals surface area (Å²) in [6.07, 6.45) is 2.34. The summed E-state index contributed by atoms with van der Waals surface area (Å²) >= 11 is 4.82. The van der Waals surface area contributed by atoms with Gasteiger partial charge in [-0.3, -0.25) is 0 Å². The summed E-state index contributed by atoms with van der Waals surface area (Å²) in [6.45, 7) is 3.99. The predicted octanol–water partition coefficient (Wildman–Crippen LogP) is 2.69. The van der Waals surface area contributed by atoms with Crippen LogP contribution >= 0.6 is 12.2 Å². The van der Waals surface area contributed by atoms with Gasteiger partial charge in [-0.1, -0.05) is 31.6 Å². The van der Waals surface area contributed by atoms with Crippen molar-refractivity contribution in [3.05, 3.63) is 35.1 Å². The lowest BCUT2D eigenvalue weighted by Crippen LogP contribution is -2.20. The zero-order valence-electron chi connectivity index (χ0n) is 10.4. The third-order valence-corrected chi connectivity index (χ3v) is 2.86. The van der Waals surface area contributed by atoms with Gasteiger partial charge in [0.05, 0.1) is 0 Å². The van der Waals surface area contributed by atoms with E-state index in [1.165, 1.54) is 18.9 Å². The van der Waals surface area contributed by atoms with Gasteiger partial charge in [0.15, 0.2) is 0 Å². The molecular formula is C13H19FN2S. The molecule has 0 spiro atoms. The lowest BCUT2D eigenvalue weighted by atomic mass is 10.1. The Labute approximate surface area is 108 Å². The van der Waals surface area contributed by atoms with E-state index in [0.717, 1.165) is 18.7 Å². The first-order valence-corrected chi connectivity index (χ1v) is 6.22. The molecule has 2 nitrogen and oxygen atoms in total. The third-order valence-electron chi connectivity index (χ3n) is 2.64. The molecule has 17 heavy (non-hydrogen) atoms. The molecule has 0 aliphatic heterocycles. The molecule has 0 heterocycles. The summed E-state index contributed by atoms with van der Waals surface area (Å²) in [5, 5.41) is 0. The zero-order chi connectivity index (χ0) is 12.8. The molecule has 1 aromatic rings. The van der Waals surface area contributed by atoms with E-state index < -0.39 is 0 Å². The summed E-state index contributed by atoms with van der Waals surface area (Å²) in [4.78, 5) is 2.32. The van der Waals surface area contributed by atoms with Gasteiger partial charge in [0, 0.05) is 12.1 Å². The number of hydrogen-bond donors (Lipinski definition) is 1. The minimum absolute atomic E-state index is 0.112. The second-order valence-electron chi connectivity index (χ2n) is 4.27. The maximum atomic E-state index is 13.4. The molecule has 0 aliphatic rings. The van der Waals surface area contributed by atoms with Crippen LogP contribution in [0.25, 0.3) is 0 Å². The van der Waals surface area contributed by atoms with Gasteiger partial charge >= 0.3 is 0 Å². The second-order valence-corrected chi connectivity index (χ2v) is 4.71. The van der Waals surface area contributed by atoms with Gasteiger partial charge in [-0.25, -0.2) is 4.39 Å². The Hall–Kier alpha value is -1.00. The quantitative estimate of drug-likeness (QED) is 0.791. The Morgan fingerprint density at radius 2 is 2.18 bits per heavy atom. The van der Waals surface area contributed by atoms with Gasteiger partial charge in [-0.05, 0) is 37.7 Å². The zero-order valence-corrected chi connectivity index (χ0v) is 11.2. The highest BCUT2D eigenvalue weighted by Gasteiger charge is 2.07. The number of nitrogens with zero attached hydrogens (tertiary/aromatic N) is 1. The molecule has 0 aromatic heterocycles. The molecule has 0 atom stereocenters. The van der Waals surface area contributed by atoms with E-state index in [-0.39, 0.29) is 10.8 Å². The van der Waals surface area contributed by atoms with Crippen LogP contribution in [0.5, 0.6) is 0 Å². The summed E-state index contributed by atoms with van der Waals surface area (Å²) in [7, 11) is 2.06. The summed E-state index contributed by atoms with van der Waals surface area (Å²) < 4.78 is 13.4. The van der Waals surface area contributed by atoms with Crippen molar-refractivity contribution in [3.63, 3.8) is 0 Å². The van der Waals surface area contributed by atoms with E-state index in [0.29, 0.717) is 5.56 Å². The van der Waals surface area contributed by atoms with E-state index in [1.54, 1.807) is 12.1 Å². The fourth-order valence-corrected chi connectivity index (χ4v) is 1.83. The summed E-state index contributed by atoms with van der Waals surface area (Å²) in [6, 6.07) is 4.94. The first-order chi connectivity index (χ1) is 8.04. The maximum Gasteiger partial charge on any atom is 0.133 e. The number of hydrogen-bond acceptors (Lipinski definition) is 2. The van der Waals surface area contributed by atoms with Crippen molar-refractivity contribution >= 4 is 17.2 Å². The minimum Gasteiger partial charge on any atom is -0.389 e. The predicted molar refractivity (Wildman–Crippen MR) is 73.5 cm³/mol. The van der Waals surface area contributed by atoms with Crippen LogP contribution in [0.15, 0.2) is 18.2 Å². The molecule has 4 heteroatoms. The summed E-state index contributed by atoms with van der Waals surface area (Å²) in [5.41, 5.74) is 6.84. The molecular weight excluding hydrogens is 235 g/mol. The van der Waals surface area contributed by atoms with Crippen LogP contribution in [0.3, 0.4) is 0 Å². The van der Waals surface area contributed by atoms with E-state index in [9.17, 15) is 4.39 Å². The normalized spacial score (nSPS) is 10.8. The van der Waals surface area contributed by atoms with Crippen LogP contribution in [-0.2, 0) is 6.54 Å². The van der Waals surface area contributed by atoms with Crippen LogP contribution in [0.1, 0.15) is 30.9 Å². The van der Waals surface area contributed by atoms with E-state index >= 15 is 0 Å². The lowest BCUT2D eigenvalue weighted by Gasteiger charge is -2.16. The molecule has 1 aromatic carbocycles. The van der Waals surface area contributed by atoms with Crippen LogP contribution in [-0.4, -0.2) is 23.5 Å². The number of nitrogens with two attached hydrogens (primary N) is 1. The monoisotopic (exact) mass is 254 g/mol. The highest BCUT2D eigenvalue weighted by Crippen LogP contribution is 2.12. The molecule has 0 saturated heterocycles. The second kappa shape index (κ2) is 6.67. The van der Waals surface area contributed by atoms with Crippen molar-refractivity contribution in [1.29, 1.82) is 0 Å². The topological polar surface area (TPSA) is 29.3 Å². The van der Waals surface area contributed by atoms with E-state index in [2.05, 4.69) is 18.9 Å². The number of halogens is 1. The summed E-state index contributed by atoms with van der Waals surface area (Å²) in [5.74, 6) is -0.350. The minimum atomic E-state index is -0.350. The molecule has 0 radical (unpaired) electrons. The van der Waals surface area contributed by atoms with Crippen molar-refractivity contribution < 1.29 is 4.39 Å². The fourth-order valence-electron chi connectivity index (χ4n) is 1.68. The number of rotatable bonds is 6. The van der Waals surface area contributed by atoms with E-state index in [4.69, 9.17) is 18.0 Å². The van der Waals surface area contributed by atoms with Crippen LogP contribution in [0.2, 0.25) is 0 Å². The van der Waals surface area contributed by atoms with Crippen LogP contribution < -0.4 is 5.73 Å². The number of thiocarbonyl (C=S) groups is 1. The van der Waals surface area contributed by atoms with Gasteiger partial charge < -0.3 is 10.6 Å². The lowest BCUT2D eigenvalue weighted by molar-refractivity contribution is 0.320. The van der Waals surface area contributed by atoms with Crippen molar-refractivity contribution in [3.8, 4) is 0 Å². The Morgan fingerprint density at radius 3 is 2.76 bits per heavy atom. The van der Waals surface area contributed by atoms with E-state index in [1.807, 2.05) is 0 Å².